The zero-order valence-corrected chi connectivity index (χ0v) is 11.1. The second kappa shape index (κ2) is 4.24. The average Bonchev–Trinajstić information content (AvgIpc) is 2.41. The molecule has 0 bridgehead atoms. The van der Waals surface area contributed by atoms with E-state index in [2.05, 4.69) is 9.98 Å². The van der Waals surface area contributed by atoms with Crippen molar-refractivity contribution in [1.29, 1.82) is 0 Å². The van der Waals surface area contributed by atoms with Crippen LogP contribution in [-0.2, 0) is 10.3 Å². The molecule has 0 saturated heterocycles. The van der Waals surface area contributed by atoms with Gasteiger partial charge in [0.1, 0.15) is 10.8 Å². The number of hydrogen-bond donors (Lipinski definition) is 1. The number of aromatic nitrogens is 1. The van der Waals surface area contributed by atoms with Gasteiger partial charge in [-0.05, 0) is 19.1 Å². The van der Waals surface area contributed by atoms with Crippen molar-refractivity contribution in [1.82, 2.24) is 4.98 Å². The van der Waals surface area contributed by atoms with Gasteiger partial charge in [0.2, 0.25) is 0 Å². The van der Waals surface area contributed by atoms with Gasteiger partial charge in [-0.15, -0.1) is 0 Å². The molecule has 96 valence electrons. The summed E-state index contributed by atoms with van der Waals surface area (Å²) >= 11 is 5.98. The fraction of sp³-hybridized carbons (Fsp3) is 0.143. The molecule has 4 nitrogen and oxygen atoms in total. The van der Waals surface area contributed by atoms with Crippen LogP contribution in [0.3, 0.4) is 0 Å². The Balaban J connectivity index is 2.24. The van der Waals surface area contributed by atoms with Crippen molar-refractivity contribution in [2.75, 3.05) is 0 Å². The van der Waals surface area contributed by atoms with Gasteiger partial charge in [0.15, 0.2) is 5.60 Å². The highest BCUT2D eigenvalue weighted by Gasteiger charge is 2.38. The summed E-state index contributed by atoms with van der Waals surface area (Å²) in [6.45, 7) is 1.91. The summed E-state index contributed by atoms with van der Waals surface area (Å²) in [5, 5.41) is 0.403. The first-order chi connectivity index (χ1) is 9.09. The number of hydrogen-bond acceptors (Lipinski definition) is 4. The Morgan fingerprint density at radius 1 is 1.16 bits per heavy atom. The number of halogens is 1. The molecule has 2 heterocycles. The number of nitrogens with zero attached hydrogens (tertiary/aromatic N) is 2. The lowest BCUT2D eigenvalue weighted by molar-refractivity contribution is 0.106. The third kappa shape index (κ3) is 1.94. The number of rotatable bonds is 1. The lowest BCUT2D eigenvalue weighted by Gasteiger charge is -2.33. The molecule has 1 aliphatic rings. The van der Waals surface area contributed by atoms with Crippen LogP contribution in [0.4, 0.5) is 5.69 Å². The number of pyridine rings is 1. The molecule has 2 aromatic rings. The van der Waals surface area contributed by atoms with Crippen molar-refractivity contribution in [3.05, 3.63) is 58.9 Å². The molecule has 1 aliphatic heterocycles. The molecule has 1 aromatic heterocycles. The fourth-order valence-electron chi connectivity index (χ4n) is 2.22. The van der Waals surface area contributed by atoms with Crippen LogP contribution in [-0.4, -0.2) is 11.0 Å². The summed E-state index contributed by atoms with van der Waals surface area (Å²) in [5.41, 5.74) is 7.28. The molecule has 5 heteroatoms. The van der Waals surface area contributed by atoms with E-state index in [0.29, 0.717) is 16.5 Å². The molecule has 3 rings (SSSR count). The van der Waals surface area contributed by atoms with E-state index in [4.69, 9.17) is 22.1 Å². The number of fused-ring (bicyclic) bond motifs is 1. The van der Waals surface area contributed by atoms with Crippen LogP contribution in [0, 0.1) is 0 Å². The van der Waals surface area contributed by atoms with Crippen LogP contribution in [0.15, 0.2) is 47.5 Å². The maximum atomic E-state index is 5.98. The number of aliphatic imine (C=N–C) groups is 1. The van der Waals surface area contributed by atoms with E-state index in [-0.39, 0.29) is 6.02 Å². The minimum atomic E-state index is -0.784. The van der Waals surface area contributed by atoms with Crippen LogP contribution in [0.5, 0.6) is 0 Å². The van der Waals surface area contributed by atoms with Crippen molar-refractivity contribution in [3.63, 3.8) is 0 Å². The topological polar surface area (TPSA) is 60.5 Å². The first-order valence-electron chi connectivity index (χ1n) is 5.85. The highest BCUT2D eigenvalue weighted by atomic mass is 35.5. The maximum Gasteiger partial charge on any atom is 0.288 e. The van der Waals surface area contributed by atoms with Gasteiger partial charge < -0.3 is 10.5 Å². The fourth-order valence-corrected chi connectivity index (χ4v) is 2.37. The lowest BCUT2D eigenvalue weighted by atomic mass is 9.90. The smallest absolute Gasteiger partial charge is 0.288 e. The van der Waals surface area contributed by atoms with Crippen LogP contribution < -0.4 is 5.73 Å². The summed E-state index contributed by atoms with van der Waals surface area (Å²) in [6, 6.07) is 13.4. The van der Waals surface area contributed by atoms with Gasteiger partial charge in [-0.25, -0.2) is 4.98 Å². The molecule has 2 N–H and O–H groups in total. The van der Waals surface area contributed by atoms with E-state index in [1.165, 1.54) is 0 Å². The predicted octanol–water partition coefficient (Wildman–Crippen LogP) is 2.97. The van der Waals surface area contributed by atoms with E-state index in [1.807, 2.05) is 37.3 Å². The zero-order chi connectivity index (χ0) is 13.5. The Bertz CT molecular complexity index is 657. The van der Waals surface area contributed by atoms with E-state index in [1.54, 1.807) is 12.1 Å². The predicted molar refractivity (Wildman–Crippen MR) is 74.5 cm³/mol. The monoisotopic (exact) mass is 273 g/mol. The van der Waals surface area contributed by atoms with E-state index in [9.17, 15) is 0 Å². The van der Waals surface area contributed by atoms with Gasteiger partial charge in [-0.2, -0.15) is 4.99 Å². The number of amidine groups is 1. The normalized spacial score (nSPS) is 21.3. The average molecular weight is 274 g/mol. The second-order valence-corrected chi connectivity index (χ2v) is 4.84. The second-order valence-electron chi connectivity index (χ2n) is 4.45. The quantitative estimate of drug-likeness (QED) is 0.813. The molecule has 19 heavy (non-hydrogen) atoms. The Hall–Kier alpha value is -2.07. The highest BCUT2D eigenvalue weighted by Crippen LogP contribution is 2.40. The largest absolute Gasteiger partial charge is 0.447 e. The van der Waals surface area contributed by atoms with E-state index in [0.717, 1.165) is 5.56 Å². The number of nitrogens with two attached hydrogens (primary N) is 1. The standard InChI is InChI=1S/C14H12ClN3O/c1-14(9-5-3-2-4-6-9)12-10(17-13(16)19-14)7-8-11(15)18-12/h2-8H,1H3,(H2,16,17). The molecule has 1 unspecified atom stereocenters. The van der Waals surface area contributed by atoms with Gasteiger partial charge in [0.05, 0.1) is 5.69 Å². The van der Waals surface area contributed by atoms with Gasteiger partial charge in [-0.3, -0.25) is 0 Å². The summed E-state index contributed by atoms with van der Waals surface area (Å²) < 4.78 is 5.75. The number of benzene rings is 1. The zero-order valence-electron chi connectivity index (χ0n) is 10.3. The molecular weight excluding hydrogens is 262 g/mol. The first-order valence-corrected chi connectivity index (χ1v) is 6.23. The summed E-state index contributed by atoms with van der Waals surface area (Å²) in [5.74, 6) is 0. The maximum absolute atomic E-state index is 5.98. The summed E-state index contributed by atoms with van der Waals surface area (Å²) in [7, 11) is 0. The minimum Gasteiger partial charge on any atom is -0.447 e. The Morgan fingerprint density at radius 2 is 1.89 bits per heavy atom. The molecule has 0 radical (unpaired) electrons. The van der Waals surface area contributed by atoms with Crippen molar-refractivity contribution in [3.8, 4) is 0 Å². The first kappa shape index (κ1) is 12.0. The Labute approximate surface area is 115 Å². The molecule has 0 fully saturated rings. The van der Waals surface area contributed by atoms with Crippen LogP contribution in [0.25, 0.3) is 0 Å². The molecule has 0 aliphatic carbocycles. The van der Waals surface area contributed by atoms with Gasteiger partial charge >= 0.3 is 0 Å². The molecular formula is C14H12ClN3O. The lowest BCUT2D eigenvalue weighted by Crippen LogP contribution is -2.37. The molecule has 0 saturated carbocycles. The summed E-state index contributed by atoms with van der Waals surface area (Å²) in [4.78, 5) is 8.51. The van der Waals surface area contributed by atoms with E-state index >= 15 is 0 Å². The highest BCUT2D eigenvalue weighted by molar-refractivity contribution is 6.29. The molecule has 0 spiro atoms. The number of ether oxygens (including phenoxy) is 1. The van der Waals surface area contributed by atoms with Gasteiger partial charge in [0.25, 0.3) is 6.02 Å². The molecule has 1 atom stereocenters. The van der Waals surface area contributed by atoms with Crippen LogP contribution in [0.2, 0.25) is 5.15 Å². The third-order valence-corrected chi connectivity index (χ3v) is 3.37. The SMILES string of the molecule is CC1(c2ccccc2)OC(N)=Nc2ccc(Cl)nc21. The molecule has 0 amide bonds. The van der Waals surface area contributed by atoms with Crippen molar-refractivity contribution in [2.24, 2.45) is 10.7 Å². The van der Waals surface area contributed by atoms with Crippen molar-refractivity contribution in [2.45, 2.75) is 12.5 Å². The van der Waals surface area contributed by atoms with Crippen LogP contribution >= 0.6 is 11.6 Å². The van der Waals surface area contributed by atoms with E-state index < -0.39 is 5.60 Å². The van der Waals surface area contributed by atoms with Crippen LogP contribution in [0.1, 0.15) is 18.2 Å². The van der Waals surface area contributed by atoms with Crippen molar-refractivity contribution >= 4 is 23.3 Å². The Kier molecular flexibility index (Phi) is 2.68. The van der Waals surface area contributed by atoms with Gasteiger partial charge in [0, 0.05) is 5.56 Å². The third-order valence-electron chi connectivity index (χ3n) is 3.16. The Morgan fingerprint density at radius 3 is 2.63 bits per heavy atom. The van der Waals surface area contributed by atoms with Crippen molar-refractivity contribution < 1.29 is 4.74 Å². The van der Waals surface area contributed by atoms with Gasteiger partial charge in [-0.1, -0.05) is 41.9 Å². The summed E-state index contributed by atoms with van der Waals surface area (Å²) in [6.07, 6.45) is 0. The molecule has 1 aromatic carbocycles. The minimum absolute atomic E-state index is 0.128.